The van der Waals surface area contributed by atoms with Crippen molar-refractivity contribution in [1.82, 2.24) is 9.88 Å². The minimum absolute atomic E-state index is 0.126. The molecule has 0 saturated carbocycles. The summed E-state index contributed by atoms with van der Waals surface area (Å²) in [4.78, 5) is 41.3. The predicted molar refractivity (Wildman–Crippen MR) is 106 cm³/mol. The van der Waals surface area contributed by atoms with Crippen LogP contribution in [0.15, 0.2) is 45.6 Å². The van der Waals surface area contributed by atoms with Crippen molar-refractivity contribution in [2.45, 2.75) is 6.18 Å². The van der Waals surface area contributed by atoms with Gasteiger partial charge in [-0.25, -0.2) is 9.18 Å². The lowest BCUT2D eigenvalue weighted by Gasteiger charge is -2.35. The van der Waals surface area contributed by atoms with Crippen LogP contribution in [0.5, 0.6) is 0 Å². The first kappa shape index (κ1) is 21.4. The number of oxazole rings is 1. The number of hydrogen-bond donors (Lipinski definition) is 2. The van der Waals surface area contributed by atoms with Crippen molar-refractivity contribution in [3.8, 4) is 0 Å². The van der Waals surface area contributed by atoms with Crippen LogP contribution in [0.25, 0.3) is 11.1 Å². The number of anilines is 2. The van der Waals surface area contributed by atoms with E-state index in [-0.39, 0.29) is 43.1 Å². The molecule has 2 amide bonds. The summed E-state index contributed by atoms with van der Waals surface area (Å²) in [7, 11) is 0. The second kappa shape index (κ2) is 8.02. The number of carbonyl (C=O) groups is 2. The van der Waals surface area contributed by atoms with Gasteiger partial charge in [0.2, 0.25) is 0 Å². The molecule has 4 rings (SSSR count). The van der Waals surface area contributed by atoms with E-state index in [1.54, 1.807) is 4.90 Å². The largest absolute Gasteiger partial charge is 0.419 e. The van der Waals surface area contributed by atoms with E-state index in [1.807, 2.05) is 0 Å². The van der Waals surface area contributed by atoms with Gasteiger partial charge in [-0.15, -0.1) is 0 Å². The molecule has 0 unspecified atom stereocenters. The highest BCUT2D eigenvalue weighted by molar-refractivity contribution is 6.39. The quantitative estimate of drug-likeness (QED) is 0.460. The van der Waals surface area contributed by atoms with Crippen LogP contribution in [0, 0.1) is 5.82 Å². The zero-order chi connectivity index (χ0) is 23.0. The summed E-state index contributed by atoms with van der Waals surface area (Å²) in [6.45, 7) is 0.676. The summed E-state index contributed by atoms with van der Waals surface area (Å²) >= 11 is 0. The Morgan fingerprint density at radius 3 is 2.41 bits per heavy atom. The van der Waals surface area contributed by atoms with Crippen LogP contribution in [-0.4, -0.2) is 47.9 Å². The molecule has 2 aromatic carbocycles. The Morgan fingerprint density at radius 1 is 1.03 bits per heavy atom. The molecule has 0 aliphatic carbocycles. The average Bonchev–Trinajstić information content (AvgIpc) is 3.11. The number of benzene rings is 2. The summed E-state index contributed by atoms with van der Waals surface area (Å²) in [6.07, 6.45) is -4.78. The van der Waals surface area contributed by atoms with E-state index >= 15 is 0 Å². The van der Waals surface area contributed by atoms with Crippen LogP contribution >= 0.6 is 0 Å². The Bertz CT molecular complexity index is 1240. The topological polar surface area (TPSA) is 98.6 Å². The highest BCUT2D eigenvalue weighted by Crippen LogP contribution is 2.33. The van der Waals surface area contributed by atoms with Gasteiger partial charge in [-0.1, -0.05) is 0 Å². The Labute approximate surface area is 177 Å². The van der Waals surface area contributed by atoms with E-state index in [9.17, 15) is 31.9 Å². The molecule has 32 heavy (non-hydrogen) atoms. The maximum atomic E-state index is 13.8. The Morgan fingerprint density at radius 2 is 1.75 bits per heavy atom. The molecule has 8 nitrogen and oxygen atoms in total. The summed E-state index contributed by atoms with van der Waals surface area (Å²) in [5.74, 6) is -3.71. The van der Waals surface area contributed by atoms with Gasteiger partial charge in [0.15, 0.2) is 5.58 Å². The zero-order valence-electron chi connectivity index (χ0n) is 16.3. The SMILES string of the molecule is O=C(Nc1ccc2[nH]c(=O)oc2c1)C(=O)N1CCN(c2ccc(C(F)(F)F)c(F)c2)CC1. The molecule has 0 radical (unpaired) electrons. The van der Waals surface area contributed by atoms with Gasteiger partial charge in [0.1, 0.15) is 5.82 Å². The summed E-state index contributed by atoms with van der Waals surface area (Å²) in [5.41, 5.74) is -0.164. The maximum Gasteiger partial charge on any atom is 0.419 e. The first-order chi connectivity index (χ1) is 15.1. The third-order valence-corrected chi connectivity index (χ3v) is 5.06. The molecule has 0 spiro atoms. The predicted octanol–water partition coefficient (Wildman–Crippen LogP) is 2.57. The fourth-order valence-corrected chi connectivity index (χ4v) is 3.45. The number of hydrogen-bond acceptors (Lipinski definition) is 5. The molecule has 1 aromatic heterocycles. The van der Waals surface area contributed by atoms with Gasteiger partial charge < -0.3 is 19.5 Å². The van der Waals surface area contributed by atoms with Gasteiger partial charge >= 0.3 is 23.7 Å². The van der Waals surface area contributed by atoms with Gasteiger partial charge in [-0.05, 0) is 30.3 Å². The van der Waals surface area contributed by atoms with Crippen molar-refractivity contribution in [3.05, 3.63) is 58.3 Å². The molecule has 1 aliphatic rings. The molecule has 1 saturated heterocycles. The summed E-state index contributed by atoms with van der Waals surface area (Å²) < 4.78 is 56.9. The number of rotatable bonds is 2. The van der Waals surface area contributed by atoms with Crippen molar-refractivity contribution < 1.29 is 31.6 Å². The highest BCUT2D eigenvalue weighted by atomic mass is 19.4. The molecular formula is C20H16F4N4O4. The van der Waals surface area contributed by atoms with Crippen molar-refractivity contribution in [3.63, 3.8) is 0 Å². The number of alkyl halides is 3. The lowest BCUT2D eigenvalue weighted by atomic mass is 10.1. The van der Waals surface area contributed by atoms with Crippen molar-refractivity contribution in [2.24, 2.45) is 0 Å². The van der Waals surface area contributed by atoms with E-state index in [0.29, 0.717) is 11.6 Å². The fourth-order valence-electron chi connectivity index (χ4n) is 3.45. The monoisotopic (exact) mass is 452 g/mol. The third-order valence-electron chi connectivity index (χ3n) is 5.06. The number of aromatic nitrogens is 1. The number of nitrogens with one attached hydrogen (secondary N) is 2. The number of fused-ring (bicyclic) bond motifs is 1. The molecule has 2 N–H and O–H groups in total. The summed E-state index contributed by atoms with van der Waals surface area (Å²) in [6, 6.07) is 7.07. The molecular weight excluding hydrogens is 436 g/mol. The lowest BCUT2D eigenvalue weighted by Crippen LogP contribution is -2.51. The van der Waals surface area contributed by atoms with Crippen molar-refractivity contribution in [2.75, 3.05) is 36.4 Å². The number of H-pyrrole nitrogens is 1. The van der Waals surface area contributed by atoms with E-state index < -0.39 is 35.1 Å². The number of halogens is 4. The standard InChI is InChI=1S/C20H16F4N4O4/c21-14-10-12(2-3-13(14)20(22,23)24)27-5-7-28(8-6-27)18(30)17(29)25-11-1-4-15-16(9-11)32-19(31)26-15/h1-4,9-10H,5-8H2,(H,25,29)(H,26,31). The molecule has 0 bridgehead atoms. The van der Waals surface area contributed by atoms with Crippen LogP contribution in [0.3, 0.4) is 0 Å². The molecule has 3 aromatic rings. The summed E-state index contributed by atoms with van der Waals surface area (Å²) in [5, 5.41) is 2.44. The van der Waals surface area contributed by atoms with Crippen LogP contribution in [0.4, 0.5) is 28.9 Å². The number of aromatic amines is 1. The van der Waals surface area contributed by atoms with Gasteiger partial charge in [-0.2, -0.15) is 13.2 Å². The fraction of sp³-hybridized carbons (Fsp3) is 0.250. The van der Waals surface area contributed by atoms with Crippen LogP contribution in [0.2, 0.25) is 0 Å². The van der Waals surface area contributed by atoms with Gasteiger partial charge in [0.25, 0.3) is 0 Å². The minimum Gasteiger partial charge on any atom is -0.408 e. The first-order valence-corrected chi connectivity index (χ1v) is 9.46. The minimum atomic E-state index is -4.78. The molecule has 0 atom stereocenters. The van der Waals surface area contributed by atoms with Crippen LogP contribution in [-0.2, 0) is 15.8 Å². The van der Waals surface area contributed by atoms with Gasteiger partial charge in [-0.3, -0.25) is 14.6 Å². The van der Waals surface area contributed by atoms with Crippen LogP contribution < -0.4 is 16.0 Å². The zero-order valence-corrected chi connectivity index (χ0v) is 16.3. The number of piperazine rings is 1. The van der Waals surface area contributed by atoms with E-state index in [2.05, 4.69) is 10.3 Å². The van der Waals surface area contributed by atoms with E-state index in [1.165, 1.54) is 29.2 Å². The van der Waals surface area contributed by atoms with E-state index in [4.69, 9.17) is 4.42 Å². The smallest absolute Gasteiger partial charge is 0.408 e. The Kier molecular flexibility index (Phi) is 5.36. The highest BCUT2D eigenvalue weighted by Gasteiger charge is 2.34. The van der Waals surface area contributed by atoms with Crippen molar-refractivity contribution >= 4 is 34.3 Å². The Balaban J connectivity index is 1.37. The van der Waals surface area contributed by atoms with Gasteiger partial charge in [0, 0.05) is 43.6 Å². The molecule has 12 heteroatoms. The first-order valence-electron chi connectivity index (χ1n) is 9.46. The molecule has 1 aliphatic heterocycles. The normalized spacial score (nSPS) is 14.6. The number of amides is 2. The number of nitrogens with zero attached hydrogens (tertiary/aromatic N) is 2. The van der Waals surface area contributed by atoms with Gasteiger partial charge in [0.05, 0.1) is 11.1 Å². The van der Waals surface area contributed by atoms with Crippen LogP contribution in [0.1, 0.15) is 5.56 Å². The molecule has 1 fully saturated rings. The average molecular weight is 452 g/mol. The Hall–Kier alpha value is -3.83. The third kappa shape index (κ3) is 4.29. The molecule has 2 heterocycles. The second-order valence-corrected chi connectivity index (χ2v) is 7.12. The maximum absolute atomic E-state index is 13.8. The lowest BCUT2D eigenvalue weighted by molar-refractivity contribution is -0.143. The van der Waals surface area contributed by atoms with E-state index in [0.717, 1.165) is 6.07 Å². The second-order valence-electron chi connectivity index (χ2n) is 7.12. The van der Waals surface area contributed by atoms with Crippen molar-refractivity contribution in [1.29, 1.82) is 0 Å². The molecule has 168 valence electrons. The number of carbonyl (C=O) groups excluding carboxylic acids is 2.